The third kappa shape index (κ3) is 7.61. The molecule has 2 amide bonds. The minimum Gasteiger partial charge on any atom is -0.475 e. The Hall–Kier alpha value is -3.16. The van der Waals surface area contributed by atoms with E-state index in [9.17, 15) is 22.4 Å². The smallest absolute Gasteiger partial charge is 0.393 e. The van der Waals surface area contributed by atoms with E-state index in [0.29, 0.717) is 67.9 Å². The number of hydrogen-bond donors (Lipinski definition) is 1. The quantitative estimate of drug-likeness (QED) is 0.324. The molecule has 42 heavy (non-hydrogen) atoms. The lowest BCUT2D eigenvalue weighted by molar-refractivity contribution is -0.169. The molecule has 3 fully saturated rings. The van der Waals surface area contributed by atoms with E-state index < -0.39 is 30.5 Å². The predicted molar refractivity (Wildman–Crippen MR) is 147 cm³/mol. The lowest BCUT2D eigenvalue weighted by atomic mass is 10.00. The minimum absolute atomic E-state index is 0.0547. The van der Waals surface area contributed by atoms with Crippen molar-refractivity contribution in [2.24, 2.45) is 5.92 Å². The third-order valence-electron chi connectivity index (χ3n) is 7.70. The first-order chi connectivity index (χ1) is 20.2. The molecule has 2 unspecified atom stereocenters. The number of pyridine rings is 1. The molecule has 1 N–H and O–H groups in total. The Morgan fingerprint density at radius 1 is 1.07 bits per heavy atom. The second kappa shape index (κ2) is 13.4. The van der Waals surface area contributed by atoms with E-state index in [4.69, 9.17) is 18.9 Å². The van der Waals surface area contributed by atoms with E-state index in [0.717, 1.165) is 24.2 Å². The van der Waals surface area contributed by atoms with Gasteiger partial charge in [-0.1, -0.05) is 0 Å². The fourth-order valence-corrected chi connectivity index (χ4v) is 5.33. The molecule has 2 atom stereocenters. The summed E-state index contributed by atoms with van der Waals surface area (Å²) in [5.74, 6) is -1.26. The SMILES string of the molecule is Cc1cc(F)c(NC(=O)N2CCC(C(F)(F)F)C2)cc1-c1cc(OCCOC2CCCCO2)nc(N2CCOCC2)c1. The molecular weight excluding hydrogens is 560 g/mol. The van der Waals surface area contributed by atoms with Gasteiger partial charge in [-0.2, -0.15) is 18.2 Å². The molecule has 0 radical (unpaired) electrons. The van der Waals surface area contributed by atoms with Crippen molar-refractivity contribution in [3.8, 4) is 17.0 Å². The topological polar surface area (TPSA) is 85.4 Å². The van der Waals surface area contributed by atoms with Crippen molar-refractivity contribution in [2.75, 3.05) is 69.4 Å². The Morgan fingerprint density at radius 2 is 1.88 bits per heavy atom. The molecule has 3 aliphatic rings. The number of carbonyl (C=O) groups is 1. The van der Waals surface area contributed by atoms with Crippen LogP contribution in [0, 0.1) is 18.7 Å². The van der Waals surface area contributed by atoms with Crippen molar-refractivity contribution in [3.63, 3.8) is 0 Å². The van der Waals surface area contributed by atoms with Crippen LogP contribution in [0.5, 0.6) is 5.88 Å². The Balaban J connectivity index is 1.34. The van der Waals surface area contributed by atoms with Crippen molar-refractivity contribution in [1.29, 1.82) is 0 Å². The lowest BCUT2D eigenvalue weighted by Crippen LogP contribution is -2.36. The molecule has 0 spiro atoms. The molecule has 0 bridgehead atoms. The van der Waals surface area contributed by atoms with Crippen LogP contribution >= 0.6 is 0 Å². The zero-order valence-corrected chi connectivity index (χ0v) is 23.6. The highest BCUT2D eigenvalue weighted by Gasteiger charge is 2.44. The molecule has 230 valence electrons. The maximum atomic E-state index is 15.0. The van der Waals surface area contributed by atoms with Crippen molar-refractivity contribution in [3.05, 3.63) is 35.6 Å². The lowest BCUT2D eigenvalue weighted by Gasteiger charge is -2.28. The van der Waals surface area contributed by atoms with Crippen LogP contribution in [0.25, 0.3) is 11.1 Å². The van der Waals surface area contributed by atoms with Gasteiger partial charge in [0.15, 0.2) is 6.29 Å². The predicted octanol–water partition coefficient (Wildman–Crippen LogP) is 5.37. The molecule has 13 heteroatoms. The molecule has 3 saturated heterocycles. The number of nitrogens with zero attached hydrogens (tertiary/aromatic N) is 3. The molecule has 2 aromatic rings. The Labute approximate surface area is 242 Å². The average Bonchev–Trinajstić information content (AvgIpc) is 3.49. The minimum atomic E-state index is -4.38. The van der Waals surface area contributed by atoms with Crippen LogP contribution < -0.4 is 15.0 Å². The largest absolute Gasteiger partial charge is 0.475 e. The van der Waals surface area contributed by atoms with E-state index in [1.807, 2.05) is 6.07 Å². The van der Waals surface area contributed by atoms with E-state index in [2.05, 4.69) is 15.2 Å². The fourth-order valence-electron chi connectivity index (χ4n) is 5.33. The Morgan fingerprint density at radius 3 is 2.60 bits per heavy atom. The second-order valence-corrected chi connectivity index (χ2v) is 10.7. The van der Waals surface area contributed by atoms with Crippen LogP contribution in [0.2, 0.25) is 0 Å². The summed E-state index contributed by atoms with van der Waals surface area (Å²) in [5.41, 5.74) is 1.79. The maximum absolute atomic E-state index is 15.0. The molecule has 9 nitrogen and oxygen atoms in total. The van der Waals surface area contributed by atoms with Gasteiger partial charge in [0, 0.05) is 38.9 Å². The number of anilines is 2. The van der Waals surface area contributed by atoms with Gasteiger partial charge in [-0.25, -0.2) is 9.18 Å². The van der Waals surface area contributed by atoms with Crippen LogP contribution in [0.15, 0.2) is 24.3 Å². The summed E-state index contributed by atoms with van der Waals surface area (Å²) in [6, 6.07) is 5.61. The van der Waals surface area contributed by atoms with Crippen LogP contribution in [0.1, 0.15) is 31.2 Å². The highest BCUT2D eigenvalue weighted by Crippen LogP contribution is 2.35. The third-order valence-corrected chi connectivity index (χ3v) is 7.70. The maximum Gasteiger partial charge on any atom is 0.393 e. The van der Waals surface area contributed by atoms with Gasteiger partial charge in [0.25, 0.3) is 0 Å². The normalized spacial score (nSPS) is 21.5. The van der Waals surface area contributed by atoms with E-state index >= 15 is 0 Å². The molecule has 0 saturated carbocycles. The van der Waals surface area contributed by atoms with Crippen molar-refractivity contribution < 1.29 is 41.3 Å². The number of urea groups is 1. The van der Waals surface area contributed by atoms with Gasteiger partial charge in [-0.05, 0) is 67.5 Å². The molecular formula is C29H36F4N4O5. The van der Waals surface area contributed by atoms with E-state index in [1.165, 1.54) is 12.1 Å². The van der Waals surface area contributed by atoms with Gasteiger partial charge < -0.3 is 34.1 Å². The highest BCUT2D eigenvalue weighted by atomic mass is 19.4. The van der Waals surface area contributed by atoms with Crippen LogP contribution in [-0.2, 0) is 14.2 Å². The number of hydrogen-bond acceptors (Lipinski definition) is 7. The van der Waals surface area contributed by atoms with Gasteiger partial charge in [-0.15, -0.1) is 0 Å². The number of amides is 2. The average molecular weight is 597 g/mol. The summed E-state index contributed by atoms with van der Waals surface area (Å²) in [6.07, 6.45) is -1.86. The Kier molecular flexibility index (Phi) is 9.69. The van der Waals surface area contributed by atoms with Crippen molar-refractivity contribution in [2.45, 2.75) is 45.1 Å². The number of aryl methyl sites for hydroxylation is 1. The number of carbonyl (C=O) groups excluding carboxylic acids is 1. The highest BCUT2D eigenvalue weighted by molar-refractivity contribution is 5.91. The van der Waals surface area contributed by atoms with Gasteiger partial charge in [0.1, 0.15) is 18.2 Å². The number of aromatic nitrogens is 1. The number of halogens is 4. The zero-order valence-electron chi connectivity index (χ0n) is 23.6. The fraction of sp³-hybridized carbons (Fsp3) is 0.586. The number of likely N-dealkylation sites (tertiary alicyclic amines) is 1. The summed E-state index contributed by atoms with van der Waals surface area (Å²) >= 11 is 0. The molecule has 1 aromatic heterocycles. The Bertz CT molecular complexity index is 1240. The van der Waals surface area contributed by atoms with Crippen LogP contribution in [0.4, 0.5) is 33.9 Å². The van der Waals surface area contributed by atoms with E-state index in [-0.39, 0.29) is 31.5 Å². The second-order valence-electron chi connectivity index (χ2n) is 10.7. The number of ether oxygens (including phenoxy) is 4. The van der Waals surface area contributed by atoms with Gasteiger partial charge in [0.05, 0.1) is 31.4 Å². The van der Waals surface area contributed by atoms with Gasteiger partial charge in [-0.3, -0.25) is 0 Å². The summed E-state index contributed by atoms with van der Waals surface area (Å²) in [4.78, 5) is 20.6. The van der Waals surface area contributed by atoms with Gasteiger partial charge in [0.2, 0.25) is 5.88 Å². The van der Waals surface area contributed by atoms with Crippen molar-refractivity contribution >= 4 is 17.5 Å². The number of rotatable bonds is 8. The monoisotopic (exact) mass is 596 g/mol. The first-order valence-electron chi connectivity index (χ1n) is 14.3. The standard InChI is InChI=1S/C29H36F4N4O5/c1-19-14-23(30)24(34-28(38)37-6-5-21(18-37)29(31,32)33)17-22(19)20-15-25(36-7-10-39-11-8-36)35-26(16-20)40-12-13-42-27-4-2-3-9-41-27/h14-17,21,27H,2-13,18H2,1H3,(H,34,38). The number of benzene rings is 1. The zero-order chi connectivity index (χ0) is 29.7. The summed E-state index contributed by atoms with van der Waals surface area (Å²) in [7, 11) is 0. The van der Waals surface area contributed by atoms with Crippen LogP contribution in [0.3, 0.4) is 0 Å². The molecule has 5 rings (SSSR count). The summed E-state index contributed by atoms with van der Waals surface area (Å²) < 4.78 is 77.1. The number of morpholine rings is 1. The first kappa shape index (κ1) is 30.3. The molecule has 3 aliphatic heterocycles. The van der Waals surface area contributed by atoms with Crippen molar-refractivity contribution in [1.82, 2.24) is 9.88 Å². The first-order valence-corrected chi connectivity index (χ1v) is 14.3. The summed E-state index contributed by atoms with van der Waals surface area (Å²) in [6.45, 7) is 4.85. The van der Waals surface area contributed by atoms with Gasteiger partial charge >= 0.3 is 12.2 Å². The molecule has 0 aliphatic carbocycles. The van der Waals surface area contributed by atoms with E-state index in [1.54, 1.807) is 13.0 Å². The number of nitrogens with one attached hydrogen (secondary N) is 1. The molecule has 1 aromatic carbocycles. The van der Waals surface area contributed by atoms with Crippen LogP contribution in [-0.4, -0.2) is 87.6 Å². The summed E-state index contributed by atoms with van der Waals surface area (Å²) in [5, 5.41) is 2.47. The number of alkyl halides is 3. The molecule has 4 heterocycles.